The Morgan fingerprint density at radius 3 is 3.33 bits per heavy atom. The Morgan fingerprint density at radius 2 is 2.57 bits per heavy atom. The number of likely N-dealkylation sites (N-methyl/N-ethyl adjacent to an activating group) is 1. The lowest BCUT2D eigenvalue weighted by Crippen LogP contribution is -2.28. The molecule has 0 unspecified atom stereocenters. The van der Waals surface area contributed by atoms with Crippen LogP contribution in [0.15, 0.2) is 24.4 Å². The van der Waals surface area contributed by atoms with E-state index < -0.39 is 52.0 Å². The molecule has 2 N–H and O–H groups in total. The van der Waals surface area contributed by atoms with Crippen molar-refractivity contribution in [2.75, 3.05) is 27.0 Å². The third kappa shape index (κ3) is 3.19. The van der Waals surface area contributed by atoms with Crippen LogP contribution >= 0.6 is 0 Å². The van der Waals surface area contributed by atoms with Crippen molar-refractivity contribution >= 4 is 17.0 Å². The van der Waals surface area contributed by atoms with Crippen LogP contribution in [0.2, 0.25) is 2.82 Å². The fourth-order valence-electron chi connectivity index (χ4n) is 2.11. The number of nitrogens with one attached hydrogen (secondary N) is 2. The van der Waals surface area contributed by atoms with Crippen molar-refractivity contribution in [3.05, 3.63) is 35.5 Å². The third-order valence-electron chi connectivity index (χ3n) is 3.05. The molecule has 1 aromatic heterocycles. The molecule has 1 aromatic carbocycles. The van der Waals surface area contributed by atoms with Gasteiger partial charge in [-0.3, -0.25) is 0 Å². The number of amides is 1. The third-order valence-corrected chi connectivity index (χ3v) is 3.05. The Balaban J connectivity index is 2.03. The van der Waals surface area contributed by atoms with Gasteiger partial charge in [0.25, 0.3) is 0 Å². The number of H-pyrrole nitrogens is 1. The molecular formula is C16H21N3O2. The van der Waals surface area contributed by atoms with Gasteiger partial charge in [0.2, 0.25) is 0 Å². The van der Waals surface area contributed by atoms with E-state index >= 15 is 0 Å². The number of carbonyl (C=O) groups excluding carboxylic acids is 1. The van der Waals surface area contributed by atoms with Crippen molar-refractivity contribution in [3.8, 4) is 0 Å². The second kappa shape index (κ2) is 5.77. The molecule has 0 aliphatic carbocycles. The molecule has 2 aromatic rings. The molecule has 1 aliphatic rings. The van der Waals surface area contributed by atoms with E-state index in [1.807, 2.05) is 0 Å². The predicted molar refractivity (Wildman–Crippen MR) is 82.5 cm³/mol. The van der Waals surface area contributed by atoms with Crippen LogP contribution in [0.3, 0.4) is 0 Å². The number of alkyl carbamates (subject to hydrolysis) is 1. The van der Waals surface area contributed by atoms with Gasteiger partial charge in [0, 0.05) is 34.6 Å². The van der Waals surface area contributed by atoms with Crippen LogP contribution in [-0.4, -0.2) is 49.0 Å². The molecule has 5 heteroatoms. The molecule has 1 amide bonds. The monoisotopic (exact) mass is 300 g/mol. The number of aromatic amines is 1. The number of aryl methyl sites for hydroxylation is 1. The lowest BCUT2D eigenvalue weighted by Gasteiger charge is -2.09. The number of fused-ring (bicyclic) bond motifs is 1. The number of carbonyl (C=O) groups is 1. The molecule has 0 spiro atoms. The van der Waals surface area contributed by atoms with Gasteiger partial charge in [0.15, 0.2) is 2.82 Å². The summed E-state index contributed by atoms with van der Waals surface area (Å²) in [7, 11) is 0. The molecule has 0 bridgehead atoms. The van der Waals surface area contributed by atoms with Gasteiger partial charge in [-0.05, 0) is 50.1 Å². The Hall–Kier alpha value is -2.01. The van der Waals surface area contributed by atoms with Crippen molar-refractivity contribution in [2.45, 2.75) is 18.9 Å². The van der Waals surface area contributed by atoms with Gasteiger partial charge in [-0.1, -0.05) is 6.07 Å². The number of benzene rings is 1. The number of cyclic esters (lactones) is 1. The van der Waals surface area contributed by atoms with Gasteiger partial charge in [-0.15, -0.1) is 0 Å². The van der Waals surface area contributed by atoms with Crippen LogP contribution in [-0.2, 0) is 17.6 Å². The van der Waals surface area contributed by atoms with E-state index in [0.717, 1.165) is 4.98 Å². The smallest absolute Gasteiger partial charge is 0.407 e. The number of nitrogens with zero attached hydrogens (tertiary/aromatic N) is 1. The summed E-state index contributed by atoms with van der Waals surface area (Å²) < 4.78 is 106. The van der Waals surface area contributed by atoms with E-state index in [9.17, 15) is 4.79 Å². The summed E-state index contributed by atoms with van der Waals surface area (Å²) in [4.78, 5) is 12.3. The zero-order valence-corrected chi connectivity index (χ0v) is 10.9. The van der Waals surface area contributed by atoms with Gasteiger partial charge >= 0.3 is 6.09 Å². The molecule has 1 aliphatic heterocycles. The SMILES string of the molecule is [2H]N1C(=O)OC([2H])([2H])[C@]1([2H])Cc1ccc2c(c1)c(CC([2H])([2H])N(C([2H])([2H])[2H])C([2H])([2H])[2H])cn2[2H]. The van der Waals surface area contributed by atoms with E-state index in [1.165, 1.54) is 24.4 Å². The van der Waals surface area contributed by atoms with Crippen LogP contribution in [0.5, 0.6) is 0 Å². The first-order chi connectivity index (χ1) is 15.2. The Morgan fingerprint density at radius 1 is 1.67 bits per heavy atom. The quantitative estimate of drug-likeness (QED) is 0.887. The molecular weight excluding hydrogens is 266 g/mol. The average molecular weight is 300 g/mol. The molecule has 0 saturated carbocycles. The summed E-state index contributed by atoms with van der Waals surface area (Å²) in [6.45, 7) is -12.2. The molecule has 0 radical (unpaired) electrons. The summed E-state index contributed by atoms with van der Waals surface area (Å²) in [5.41, 5.74) is 0.602. The van der Waals surface area contributed by atoms with Crippen LogP contribution in [0.25, 0.3) is 10.9 Å². The summed E-state index contributed by atoms with van der Waals surface area (Å²) in [5, 5.41) is 0.315. The van der Waals surface area contributed by atoms with E-state index in [1.54, 1.807) is 0 Å². The Labute approximate surface area is 142 Å². The highest BCUT2D eigenvalue weighted by Crippen LogP contribution is 2.21. The lowest BCUT2D eigenvalue weighted by molar-refractivity contribution is 0.177. The summed E-state index contributed by atoms with van der Waals surface area (Å²) in [6.07, 6.45) is -1.34. The maximum absolute atomic E-state index is 11.6. The molecule has 2 heterocycles. The Bertz CT molecular complexity index is 1100. The highest BCUT2D eigenvalue weighted by molar-refractivity contribution is 5.84. The molecule has 5 nitrogen and oxygen atoms in total. The summed E-state index contributed by atoms with van der Waals surface area (Å²) in [6, 6.07) is 1.82. The first kappa shape index (κ1) is 5.32. The van der Waals surface area contributed by atoms with Gasteiger partial charge in [0.1, 0.15) is 6.56 Å². The normalized spacial score (nSPS) is 35.6. The van der Waals surface area contributed by atoms with Crippen LogP contribution in [0.4, 0.5) is 4.79 Å². The van der Waals surface area contributed by atoms with Crippen molar-refractivity contribution in [1.82, 2.24) is 15.2 Å². The van der Waals surface area contributed by atoms with Crippen LogP contribution in [0, 0.1) is 0 Å². The number of rotatable bonds is 5. The van der Waals surface area contributed by atoms with E-state index in [4.69, 9.17) is 17.9 Å². The van der Waals surface area contributed by atoms with Gasteiger partial charge < -0.3 is 19.9 Å². The molecule has 1 fully saturated rings. The van der Waals surface area contributed by atoms with E-state index in [2.05, 4.69) is 4.74 Å². The fourth-order valence-corrected chi connectivity index (χ4v) is 2.11. The minimum atomic E-state index is -3.28. The highest BCUT2D eigenvalue weighted by Gasteiger charge is 2.22. The maximum Gasteiger partial charge on any atom is 0.407 e. The molecule has 3 rings (SSSR count). The number of hydrogen-bond donors (Lipinski definition) is 2. The second-order valence-corrected chi connectivity index (χ2v) is 4.51. The zero-order chi connectivity index (χ0) is 26.1. The second-order valence-electron chi connectivity index (χ2n) is 4.51. The predicted octanol–water partition coefficient (Wildman–Crippen LogP) is 1.92. The lowest BCUT2D eigenvalue weighted by atomic mass is 10.0. The summed E-state index contributed by atoms with van der Waals surface area (Å²) >= 11 is 0. The first-order valence-corrected chi connectivity index (χ1v) is 6.15. The van der Waals surface area contributed by atoms with Crippen molar-refractivity contribution < 1.29 is 27.4 Å². The van der Waals surface area contributed by atoms with Crippen LogP contribution < -0.4 is 5.31 Å². The zero-order valence-electron chi connectivity index (χ0n) is 23.9. The standard InChI is InChI=1S/C16H21N3O2/c1-19(2)6-5-12-9-17-15-4-3-11(8-14(12)15)7-13-10-21-16(20)18-13/h3-4,8-9,13,17H,5-7,10H2,1-2H3,(H,18,20)/t13-/m0/s1/i1D3,2D3,6D2,10D2,13D/hD2. The van der Waals surface area contributed by atoms with Gasteiger partial charge in [0.05, 0.1) is 10.1 Å². The highest BCUT2D eigenvalue weighted by atomic mass is 16.6. The molecule has 1 atom stereocenters. The van der Waals surface area contributed by atoms with Crippen LogP contribution in [0.1, 0.15) is 26.2 Å². The largest absolute Gasteiger partial charge is 0.447 e. The molecule has 21 heavy (non-hydrogen) atoms. The fraction of sp³-hybridized carbons (Fsp3) is 0.438. The van der Waals surface area contributed by atoms with Crippen molar-refractivity contribution in [1.29, 1.82) is 0 Å². The van der Waals surface area contributed by atoms with Gasteiger partial charge in [-0.25, -0.2) is 4.79 Å². The average Bonchev–Trinajstić information content (AvgIpc) is 2.98. The number of hydrogen-bond acceptors (Lipinski definition) is 3. The minimum absolute atomic E-state index is 0.0803. The van der Waals surface area contributed by atoms with Crippen molar-refractivity contribution in [3.63, 3.8) is 0 Å². The Kier molecular flexibility index (Phi) is 1.46. The first-order valence-electron chi connectivity index (χ1n) is 12.5. The maximum atomic E-state index is 11.6. The molecule has 112 valence electrons. The van der Waals surface area contributed by atoms with E-state index in [-0.39, 0.29) is 32.2 Å². The summed E-state index contributed by atoms with van der Waals surface area (Å²) in [5.74, 6) is 0. The number of ether oxygens (including phenoxy) is 1. The minimum Gasteiger partial charge on any atom is -0.447 e. The van der Waals surface area contributed by atoms with Gasteiger partial charge in [-0.2, -0.15) is 0 Å². The van der Waals surface area contributed by atoms with Crippen molar-refractivity contribution in [2.24, 2.45) is 0 Å². The topological polar surface area (TPSA) is 57.4 Å². The van der Waals surface area contributed by atoms with E-state index in [0.29, 0.717) is 0 Å². The number of aromatic nitrogens is 1. The molecule has 1 saturated heterocycles.